The zero-order valence-electron chi connectivity index (χ0n) is 19.4. The maximum Gasteiger partial charge on any atom is 0.239 e. The van der Waals surface area contributed by atoms with Crippen LogP contribution in [-0.4, -0.2) is 51.2 Å². The molecule has 0 bridgehead atoms. The van der Waals surface area contributed by atoms with Crippen molar-refractivity contribution in [2.45, 2.75) is 37.3 Å². The number of nitrogens with zero attached hydrogens (tertiary/aromatic N) is 4. The third kappa shape index (κ3) is 3.57. The summed E-state index contributed by atoms with van der Waals surface area (Å²) in [7, 11) is 1.85. The molecule has 0 radical (unpaired) electrons. The summed E-state index contributed by atoms with van der Waals surface area (Å²) in [5, 5.41) is 4.18. The molecule has 176 valence electrons. The number of anilines is 1. The lowest BCUT2D eigenvalue weighted by Crippen LogP contribution is -2.44. The van der Waals surface area contributed by atoms with Gasteiger partial charge in [-0.3, -0.25) is 14.4 Å². The predicted molar refractivity (Wildman–Crippen MR) is 134 cm³/mol. The third-order valence-electron chi connectivity index (χ3n) is 7.79. The van der Waals surface area contributed by atoms with E-state index >= 15 is 4.39 Å². The number of carbonyl (C=O) groups excluding carboxylic acids is 1. The molecule has 3 aliphatic rings. The van der Waals surface area contributed by atoms with E-state index in [-0.39, 0.29) is 18.3 Å². The van der Waals surface area contributed by atoms with Crippen LogP contribution in [0.25, 0.3) is 11.1 Å². The topological polar surface area (TPSA) is 41.4 Å². The van der Waals surface area contributed by atoms with E-state index in [0.29, 0.717) is 11.6 Å². The van der Waals surface area contributed by atoms with Crippen molar-refractivity contribution in [2.75, 3.05) is 29.5 Å². The lowest BCUT2D eigenvalue weighted by atomic mass is 9.81. The first kappa shape index (κ1) is 21.9. The van der Waals surface area contributed by atoms with Gasteiger partial charge in [0, 0.05) is 42.6 Å². The molecular weight excluding hydrogens is 447 g/mol. The number of amides is 1. The summed E-state index contributed by atoms with van der Waals surface area (Å²) in [6, 6.07) is 14.0. The van der Waals surface area contributed by atoms with Gasteiger partial charge in [0.05, 0.1) is 18.2 Å². The number of halogens is 1. The summed E-state index contributed by atoms with van der Waals surface area (Å²) in [6.07, 6.45) is 6.85. The number of para-hydroxylation sites is 1. The molecule has 1 amide bonds. The van der Waals surface area contributed by atoms with Crippen molar-refractivity contribution in [2.24, 2.45) is 7.05 Å². The van der Waals surface area contributed by atoms with E-state index in [1.807, 2.05) is 54.2 Å². The number of hydrogen-bond donors (Lipinski definition) is 0. The Kier molecular flexibility index (Phi) is 5.49. The second-order valence-electron chi connectivity index (χ2n) is 9.76. The highest BCUT2D eigenvalue weighted by Gasteiger charge is 2.55. The standard InChI is InChI=1S/C27H29FN4OS/c1-30-16-21(15-29-30)19-6-7-20(24(28)14-19)17-32-25-5-3-2-4-23(25)27(26(32)33)10-11-31(18-27)22-8-12-34-13-9-22/h2-7,14-16,22H,8-13,17-18H2,1H3. The van der Waals surface area contributed by atoms with Crippen molar-refractivity contribution in [1.29, 1.82) is 0 Å². The van der Waals surface area contributed by atoms with E-state index < -0.39 is 5.41 Å². The minimum Gasteiger partial charge on any atom is -0.307 e. The van der Waals surface area contributed by atoms with Crippen molar-refractivity contribution in [3.63, 3.8) is 0 Å². The van der Waals surface area contributed by atoms with Crippen molar-refractivity contribution < 1.29 is 9.18 Å². The molecule has 0 N–H and O–H groups in total. The molecule has 4 heterocycles. The molecule has 2 fully saturated rings. The van der Waals surface area contributed by atoms with Gasteiger partial charge in [-0.15, -0.1) is 0 Å². The maximum atomic E-state index is 15.2. The molecule has 2 aromatic carbocycles. The molecule has 3 aromatic rings. The number of likely N-dealkylation sites (tertiary alicyclic amines) is 1. The highest BCUT2D eigenvalue weighted by atomic mass is 32.2. The van der Waals surface area contributed by atoms with Gasteiger partial charge in [0.2, 0.25) is 5.91 Å². The quantitative estimate of drug-likeness (QED) is 0.551. The second kappa shape index (κ2) is 8.54. The van der Waals surface area contributed by atoms with E-state index in [1.54, 1.807) is 23.0 Å². The van der Waals surface area contributed by atoms with Gasteiger partial charge in [0.15, 0.2) is 0 Å². The summed E-state index contributed by atoms with van der Waals surface area (Å²) < 4.78 is 16.9. The normalized spacial score (nSPS) is 23.2. The zero-order chi connectivity index (χ0) is 23.3. The summed E-state index contributed by atoms with van der Waals surface area (Å²) in [5.74, 6) is 2.25. The Balaban J connectivity index is 1.28. The monoisotopic (exact) mass is 476 g/mol. The molecule has 1 atom stereocenters. The molecular formula is C27H29FN4OS. The first-order valence-electron chi connectivity index (χ1n) is 12.1. The lowest BCUT2D eigenvalue weighted by Gasteiger charge is -2.32. The minimum atomic E-state index is -0.507. The average Bonchev–Trinajstić information content (AvgIpc) is 3.56. The third-order valence-corrected chi connectivity index (χ3v) is 8.84. The zero-order valence-corrected chi connectivity index (χ0v) is 20.2. The Hall–Kier alpha value is -2.64. The number of rotatable bonds is 4. The van der Waals surface area contributed by atoms with Crippen molar-refractivity contribution in [3.05, 3.63) is 71.8 Å². The van der Waals surface area contributed by atoms with Crippen LogP contribution in [0.2, 0.25) is 0 Å². The molecule has 0 saturated carbocycles. The van der Waals surface area contributed by atoms with Gasteiger partial charge < -0.3 is 4.90 Å². The maximum absolute atomic E-state index is 15.2. The fourth-order valence-electron chi connectivity index (χ4n) is 5.94. The van der Waals surface area contributed by atoms with Crippen LogP contribution in [0.5, 0.6) is 0 Å². The van der Waals surface area contributed by atoms with Gasteiger partial charge in [-0.05, 0) is 60.6 Å². The Morgan fingerprint density at radius 1 is 1.15 bits per heavy atom. The Labute approximate surface area is 203 Å². The largest absolute Gasteiger partial charge is 0.307 e. The molecule has 7 heteroatoms. The van der Waals surface area contributed by atoms with Gasteiger partial charge in [0.1, 0.15) is 5.82 Å². The van der Waals surface area contributed by atoms with Crippen LogP contribution < -0.4 is 4.90 Å². The predicted octanol–water partition coefficient (Wildman–Crippen LogP) is 4.61. The molecule has 1 aromatic heterocycles. The van der Waals surface area contributed by atoms with Crippen LogP contribution in [0, 0.1) is 5.82 Å². The first-order chi connectivity index (χ1) is 16.5. The number of aromatic nitrogens is 2. The first-order valence-corrected chi connectivity index (χ1v) is 13.2. The summed E-state index contributed by atoms with van der Waals surface area (Å²) in [5.41, 5.74) is 3.74. The number of thioether (sulfide) groups is 1. The second-order valence-corrected chi connectivity index (χ2v) is 11.0. The summed E-state index contributed by atoms with van der Waals surface area (Å²) in [4.78, 5) is 18.3. The average molecular weight is 477 g/mol. The molecule has 3 aliphatic heterocycles. The number of carbonyl (C=O) groups is 1. The number of aryl methyl sites for hydroxylation is 1. The van der Waals surface area contributed by atoms with E-state index in [1.165, 1.54) is 24.3 Å². The highest BCUT2D eigenvalue weighted by Crippen LogP contribution is 2.48. The minimum absolute atomic E-state index is 0.122. The molecule has 34 heavy (non-hydrogen) atoms. The smallest absolute Gasteiger partial charge is 0.239 e. The van der Waals surface area contributed by atoms with Gasteiger partial charge in [0.25, 0.3) is 0 Å². The molecule has 5 nitrogen and oxygen atoms in total. The van der Waals surface area contributed by atoms with Crippen molar-refractivity contribution in [1.82, 2.24) is 14.7 Å². The Bertz CT molecular complexity index is 1240. The highest BCUT2D eigenvalue weighted by molar-refractivity contribution is 7.99. The molecule has 1 spiro atoms. The summed E-state index contributed by atoms with van der Waals surface area (Å²) in [6.45, 7) is 1.98. The number of hydrogen-bond acceptors (Lipinski definition) is 4. The van der Waals surface area contributed by atoms with Crippen LogP contribution in [0.15, 0.2) is 54.9 Å². The fraction of sp³-hybridized carbons (Fsp3) is 0.407. The molecule has 6 rings (SSSR count). The Morgan fingerprint density at radius 3 is 2.74 bits per heavy atom. The number of fused-ring (bicyclic) bond motifs is 2. The SMILES string of the molecule is Cn1cc(-c2ccc(CN3C(=O)C4(CCN(C5CCSCC5)C4)c4ccccc43)c(F)c2)cn1. The van der Waals surface area contributed by atoms with E-state index in [0.717, 1.165) is 41.9 Å². The van der Waals surface area contributed by atoms with Crippen molar-refractivity contribution in [3.8, 4) is 11.1 Å². The lowest BCUT2D eigenvalue weighted by molar-refractivity contribution is -0.123. The summed E-state index contributed by atoms with van der Waals surface area (Å²) >= 11 is 2.03. The van der Waals surface area contributed by atoms with Crippen LogP contribution in [0.4, 0.5) is 10.1 Å². The molecule has 0 aliphatic carbocycles. The van der Waals surface area contributed by atoms with E-state index in [4.69, 9.17) is 0 Å². The van der Waals surface area contributed by atoms with Gasteiger partial charge in [-0.2, -0.15) is 16.9 Å². The van der Waals surface area contributed by atoms with Crippen LogP contribution in [0.1, 0.15) is 30.4 Å². The molecule has 1 unspecified atom stereocenters. The van der Waals surface area contributed by atoms with Gasteiger partial charge in [-0.25, -0.2) is 4.39 Å². The van der Waals surface area contributed by atoms with Gasteiger partial charge in [-0.1, -0.05) is 30.3 Å². The molecule has 2 saturated heterocycles. The van der Waals surface area contributed by atoms with Crippen LogP contribution >= 0.6 is 11.8 Å². The van der Waals surface area contributed by atoms with Crippen molar-refractivity contribution >= 4 is 23.4 Å². The van der Waals surface area contributed by atoms with Crippen LogP contribution in [0.3, 0.4) is 0 Å². The van der Waals surface area contributed by atoms with E-state index in [2.05, 4.69) is 16.1 Å². The van der Waals surface area contributed by atoms with E-state index in [9.17, 15) is 4.79 Å². The fourth-order valence-corrected chi connectivity index (χ4v) is 7.03. The van der Waals surface area contributed by atoms with Gasteiger partial charge >= 0.3 is 0 Å². The Morgan fingerprint density at radius 2 is 1.97 bits per heavy atom. The number of benzene rings is 2. The van der Waals surface area contributed by atoms with Crippen LogP contribution in [-0.2, 0) is 23.8 Å².